The fourth-order valence-corrected chi connectivity index (χ4v) is 7.05. The maximum Gasteiger partial charge on any atom is 1.00 e. The molecular weight excluding hydrogens is 750 g/mol. The molecular formula is C32H19N4Na3O9S3. The zero-order valence-corrected chi connectivity index (χ0v) is 35.6. The van der Waals surface area contributed by atoms with Gasteiger partial charge in [-0.15, -0.1) is 0 Å². The molecule has 2 aliphatic heterocycles. The van der Waals surface area contributed by atoms with Crippen molar-refractivity contribution in [3.63, 3.8) is 0 Å². The van der Waals surface area contributed by atoms with Gasteiger partial charge in [-0.05, 0) is 90.0 Å². The van der Waals surface area contributed by atoms with E-state index in [1.807, 2.05) is 6.07 Å². The van der Waals surface area contributed by atoms with Crippen molar-refractivity contribution in [1.82, 2.24) is 19.9 Å². The molecule has 5 heterocycles. The Balaban J connectivity index is 0.00000194. The average Bonchev–Trinajstić information content (AvgIpc) is 3.82. The molecule has 0 saturated carbocycles. The van der Waals surface area contributed by atoms with E-state index >= 15 is 0 Å². The van der Waals surface area contributed by atoms with E-state index < -0.39 is 45.1 Å². The molecule has 0 spiro atoms. The molecule has 0 unspecified atom stereocenters. The van der Waals surface area contributed by atoms with E-state index in [2.05, 4.69) is 19.9 Å². The molecule has 0 radical (unpaired) electrons. The van der Waals surface area contributed by atoms with Crippen LogP contribution in [0.15, 0.2) is 94.7 Å². The smallest absolute Gasteiger partial charge is 0.744 e. The number of aromatic nitrogens is 4. The van der Waals surface area contributed by atoms with Gasteiger partial charge in [0, 0.05) is 33.2 Å². The van der Waals surface area contributed by atoms with Gasteiger partial charge >= 0.3 is 88.7 Å². The molecule has 0 aliphatic carbocycles. The van der Waals surface area contributed by atoms with Gasteiger partial charge in [-0.1, -0.05) is 24.3 Å². The molecule has 8 bridgehead atoms. The Labute approximate surface area is 358 Å². The maximum absolute atomic E-state index is 12.4. The van der Waals surface area contributed by atoms with Crippen molar-refractivity contribution in [2.45, 2.75) is 9.79 Å². The summed E-state index contributed by atoms with van der Waals surface area (Å²) in [5.74, 6) is 0. The first-order valence-electron chi connectivity index (χ1n) is 13.9. The zero-order chi connectivity index (χ0) is 34.0. The summed E-state index contributed by atoms with van der Waals surface area (Å²) in [5, 5.41) is 0. The van der Waals surface area contributed by atoms with Crippen molar-refractivity contribution >= 4 is 75.6 Å². The van der Waals surface area contributed by atoms with Crippen LogP contribution in [0.3, 0.4) is 0 Å². The third-order valence-corrected chi connectivity index (χ3v) is 10.2. The number of hydrogen-bond donors (Lipinski definition) is 2. The first-order valence-corrected chi connectivity index (χ1v) is 18.1. The van der Waals surface area contributed by atoms with E-state index in [4.69, 9.17) is 0 Å². The minimum atomic E-state index is -5.05. The number of fused-ring (bicyclic) bond motifs is 8. The molecule has 2 N–H and O–H groups in total. The summed E-state index contributed by atoms with van der Waals surface area (Å²) in [5.41, 5.74) is 4.55. The number of nitrogens with one attached hydrogen (secondary N) is 2. The van der Waals surface area contributed by atoms with Crippen LogP contribution in [-0.4, -0.2) is 58.8 Å². The first-order chi connectivity index (χ1) is 22.6. The van der Waals surface area contributed by atoms with Gasteiger partial charge in [-0.3, -0.25) is 0 Å². The molecule has 51 heavy (non-hydrogen) atoms. The van der Waals surface area contributed by atoms with Crippen LogP contribution >= 0.6 is 0 Å². The molecule has 0 amide bonds. The van der Waals surface area contributed by atoms with Crippen molar-refractivity contribution in [2.24, 2.45) is 0 Å². The Morgan fingerprint density at radius 1 is 0.510 bits per heavy atom. The van der Waals surface area contributed by atoms with Crippen molar-refractivity contribution in [1.29, 1.82) is 0 Å². The van der Waals surface area contributed by atoms with Crippen molar-refractivity contribution in [2.75, 3.05) is 0 Å². The number of H-pyrrole nitrogens is 2. The third-order valence-electron chi connectivity index (χ3n) is 7.62. The molecule has 242 valence electrons. The summed E-state index contributed by atoms with van der Waals surface area (Å²) in [7, 11) is -14.5. The third kappa shape index (κ3) is 8.78. The normalized spacial score (nSPS) is 12.6. The second-order valence-corrected chi connectivity index (χ2v) is 14.9. The molecule has 2 aliphatic rings. The zero-order valence-electron chi connectivity index (χ0n) is 27.1. The van der Waals surface area contributed by atoms with Gasteiger partial charge in [0.05, 0.1) is 37.5 Å². The van der Waals surface area contributed by atoms with Gasteiger partial charge < -0.3 is 23.6 Å². The number of hydrogen-bond acceptors (Lipinski definition) is 11. The largest absolute Gasteiger partial charge is 1.00 e. The fraction of sp³-hybridized carbons (Fsp3) is 0. The molecule has 7 rings (SSSR count). The van der Waals surface area contributed by atoms with Crippen molar-refractivity contribution < 1.29 is 128 Å². The van der Waals surface area contributed by atoms with Crippen LogP contribution in [0, 0.1) is 0 Å². The minimum Gasteiger partial charge on any atom is -0.744 e. The Morgan fingerprint density at radius 3 is 1.43 bits per heavy atom. The Kier molecular flexibility index (Phi) is 12.7. The summed E-state index contributed by atoms with van der Waals surface area (Å²) >= 11 is 0. The van der Waals surface area contributed by atoms with Gasteiger partial charge in [0.2, 0.25) is 0 Å². The molecule has 0 fully saturated rings. The second-order valence-electron chi connectivity index (χ2n) is 10.8. The van der Waals surface area contributed by atoms with E-state index in [-0.39, 0.29) is 106 Å². The Hall–Kier alpha value is -2.23. The molecule has 19 heteroatoms. The van der Waals surface area contributed by atoms with Gasteiger partial charge in [0.15, 0.2) is 0 Å². The SMILES string of the molecule is O=S(=O)([O-])C1=Cc2nc1cc1nc(c(-c3ccc(S(=O)(=O)[O-])cc3)c3ccc(cc4ccc([nH]4)c2-c2ccc(S(=O)(=O)[O-])cc2)[nH]3)C=C1.[Na+].[Na+].[Na+]. The first kappa shape index (κ1) is 41.5. The van der Waals surface area contributed by atoms with Crippen molar-refractivity contribution in [3.8, 4) is 22.3 Å². The van der Waals surface area contributed by atoms with E-state index in [1.54, 1.807) is 36.4 Å². The Morgan fingerprint density at radius 2 is 0.980 bits per heavy atom. The molecule has 5 aromatic rings. The van der Waals surface area contributed by atoms with E-state index in [1.165, 1.54) is 42.5 Å². The number of aromatic amines is 2. The predicted molar refractivity (Wildman–Crippen MR) is 174 cm³/mol. The van der Waals surface area contributed by atoms with Crippen LogP contribution in [0.25, 0.3) is 67.5 Å². The van der Waals surface area contributed by atoms with Crippen LogP contribution in [0.2, 0.25) is 0 Å². The molecule has 3 aromatic heterocycles. The summed E-state index contributed by atoms with van der Waals surface area (Å²) in [4.78, 5) is 14.2. The minimum absolute atomic E-state index is 0. The molecule has 13 nitrogen and oxygen atoms in total. The molecule has 2 aromatic carbocycles. The standard InChI is InChI=1S/C32H22N4O9S3.3Na/c37-46(38,39)23-8-1-18(2-9-23)31-25-12-5-20(33-25)15-21-6-13-27(34-21)32(19-3-10-24(11-4-19)47(40,41)42)29-17-30(48(43,44)45)28(36-29)16-22-7-14-26(31)35-22;;;/h1-17,33-34H,(H,37,38,39)(H,40,41,42)(H,43,44,45);;;/q;3*+1/p-3. The summed E-state index contributed by atoms with van der Waals surface area (Å²) in [6.07, 6.45) is 4.35. The van der Waals surface area contributed by atoms with Gasteiger partial charge in [0.25, 0.3) is 0 Å². The summed E-state index contributed by atoms with van der Waals surface area (Å²) in [6.45, 7) is 0. The van der Waals surface area contributed by atoms with Crippen LogP contribution in [0.1, 0.15) is 22.8 Å². The second kappa shape index (κ2) is 15.6. The maximum atomic E-state index is 12.4. The predicted octanol–water partition coefficient (Wildman–Crippen LogP) is -4.32. The topological polar surface area (TPSA) is 229 Å². The van der Waals surface area contributed by atoms with E-state index in [0.717, 1.165) is 18.2 Å². The Bertz CT molecular complexity index is 2750. The molecule has 0 atom stereocenters. The van der Waals surface area contributed by atoms with Crippen LogP contribution in [0.4, 0.5) is 0 Å². The number of rotatable bonds is 5. The molecule has 0 saturated heterocycles. The van der Waals surface area contributed by atoms with Crippen molar-refractivity contribution in [3.05, 3.63) is 108 Å². The van der Waals surface area contributed by atoms with Gasteiger partial charge in [0.1, 0.15) is 30.4 Å². The fourth-order valence-electron chi connectivity index (χ4n) is 5.50. The quantitative estimate of drug-likeness (QED) is 0.126. The van der Waals surface area contributed by atoms with Gasteiger partial charge in [-0.2, -0.15) is 0 Å². The summed E-state index contributed by atoms with van der Waals surface area (Å²) < 4.78 is 107. The number of nitrogens with zero attached hydrogens (tertiary/aromatic N) is 2. The van der Waals surface area contributed by atoms with E-state index in [0.29, 0.717) is 50.0 Å². The summed E-state index contributed by atoms with van der Waals surface area (Å²) in [6, 6.07) is 20.5. The van der Waals surface area contributed by atoms with Crippen LogP contribution in [-0.2, 0) is 30.4 Å². The monoisotopic (exact) mass is 768 g/mol. The van der Waals surface area contributed by atoms with Crippen LogP contribution < -0.4 is 88.7 Å². The average molecular weight is 769 g/mol. The van der Waals surface area contributed by atoms with E-state index in [9.17, 15) is 38.9 Å². The number of benzene rings is 2. The van der Waals surface area contributed by atoms with Gasteiger partial charge in [-0.25, -0.2) is 35.2 Å². The van der Waals surface area contributed by atoms with Crippen LogP contribution in [0.5, 0.6) is 0 Å².